The van der Waals surface area contributed by atoms with Gasteiger partial charge < -0.3 is 4.74 Å². The van der Waals surface area contributed by atoms with Crippen LogP contribution in [-0.4, -0.2) is 11.5 Å². The quantitative estimate of drug-likeness (QED) is 0.489. The van der Waals surface area contributed by atoms with E-state index in [0.29, 0.717) is 15.9 Å². The predicted molar refractivity (Wildman–Crippen MR) is 57.0 cm³/mol. The van der Waals surface area contributed by atoms with Gasteiger partial charge in [0.1, 0.15) is 5.75 Å². The van der Waals surface area contributed by atoms with Gasteiger partial charge in [-0.3, -0.25) is 10.1 Å². The number of halogens is 1. The van der Waals surface area contributed by atoms with Crippen LogP contribution < -0.4 is 4.74 Å². The molecule has 0 aliphatic rings. The van der Waals surface area contributed by atoms with Gasteiger partial charge in [-0.15, -0.1) is 0 Å². The number of nitro benzene ring substituents is 1. The van der Waals surface area contributed by atoms with Gasteiger partial charge >= 0.3 is 0 Å². The van der Waals surface area contributed by atoms with Crippen LogP contribution in [0.2, 0.25) is 0 Å². The molecular weight excluding hydrogens is 285 g/mol. The predicted octanol–water partition coefficient (Wildman–Crippen LogP) is 2.60. The van der Waals surface area contributed by atoms with E-state index in [0.717, 1.165) is 0 Å². The minimum atomic E-state index is -0.412. The highest BCUT2D eigenvalue weighted by Crippen LogP contribution is 2.25. The molecule has 0 amide bonds. The third-order valence-corrected chi connectivity index (χ3v) is 2.34. The fraction of sp³-hybridized carbons (Fsp3) is 0.250. The highest BCUT2D eigenvalue weighted by molar-refractivity contribution is 14.1. The normalized spacial score (nSPS) is 9.69. The smallest absolute Gasteiger partial charge is 0.286 e. The van der Waals surface area contributed by atoms with Crippen molar-refractivity contribution in [3.63, 3.8) is 0 Å². The van der Waals surface area contributed by atoms with Gasteiger partial charge in [0.25, 0.3) is 5.69 Å². The Morgan fingerprint density at radius 2 is 2.31 bits per heavy atom. The summed E-state index contributed by atoms with van der Waals surface area (Å²) in [5.74, 6) is 0.537. The Bertz CT molecular complexity index is 327. The highest BCUT2D eigenvalue weighted by Gasteiger charge is 2.12. The molecule has 1 aromatic carbocycles. The molecule has 0 saturated carbocycles. The van der Waals surface area contributed by atoms with Gasteiger partial charge in [0.2, 0.25) is 0 Å². The number of hydrogen-bond donors (Lipinski definition) is 0. The van der Waals surface area contributed by atoms with Crippen molar-refractivity contribution in [2.24, 2.45) is 0 Å². The van der Waals surface area contributed by atoms with Crippen molar-refractivity contribution < 1.29 is 9.66 Å². The van der Waals surface area contributed by atoms with Gasteiger partial charge in [-0.25, -0.2) is 0 Å². The Balaban J connectivity index is 3.04. The van der Waals surface area contributed by atoms with Crippen LogP contribution in [0.25, 0.3) is 0 Å². The Labute approximate surface area is 89.2 Å². The summed E-state index contributed by atoms with van der Waals surface area (Å²) in [6.45, 7) is 2.35. The zero-order chi connectivity index (χ0) is 9.84. The molecule has 0 unspecified atom stereocenters. The van der Waals surface area contributed by atoms with Crippen LogP contribution in [0.5, 0.6) is 5.75 Å². The molecule has 1 rings (SSSR count). The molecule has 0 atom stereocenters. The number of ether oxygens (including phenoxy) is 1. The third-order valence-electron chi connectivity index (χ3n) is 1.43. The van der Waals surface area contributed by atoms with Crippen molar-refractivity contribution in [3.8, 4) is 5.75 Å². The summed E-state index contributed by atoms with van der Waals surface area (Å²) in [7, 11) is 0. The summed E-state index contributed by atoms with van der Waals surface area (Å²) >= 11 is 1.92. The summed E-state index contributed by atoms with van der Waals surface area (Å²) in [6.07, 6.45) is 0. The van der Waals surface area contributed by atoms with E-state index in [9.17, 15) is 10.1 Å². The number of nitrogens with zero attached hydrogens (tertiary/aromatic N) is 1. The molecule has 13 heavy (non-hydrogen) atoms. The minimum Gasteiger partial charge on any atom is -0.494 e. The first-order valence-corrected chi connectivity index (χ1v) is 4.79. The van der Waals surface area contributed by atoms with Gasteiger partial charge in [-0.1, -0.05) is 0 Å². The fourth-order valence-corrected chi connectivity index (χ4v) is 1.42. The Hall–Kier alpha value is -0.850. The van der Waals surface area contributed by atoms with E-state index >= 15 is 0 Å². The molecule has 5 heteroatoms. The van der Waals surface area contributed by atoms with E-state index in [1.807, 2.05) is 29.5 Å². The van der Waals surface area contributed by atoms with E-state index in [4.69, 9.17) is 4.74 Å². The third kappa shape index (κ3) is 2.55. The fourth-order valence-electron chi connectivity index (χ4n) is 0.889. The Morgan fingerprint density at radius 3 is 2.85 bits per heavy atom. The number of nitro groups is 1. The van der Waals surface area contributed by atoms with Crippen LogP contribution in [0.15, 0.2) is 18.2 Å². The highest BCUT2D eigenvalue weighted by atomic mass is 127. The van der Waals surface area contributed by atoms with Gasteiger partial charge in [0.15, 0.2) is 0 Å². The van der Waals surface area contributed by atoms with E-state index < -0.39 is 4.92 Å². The second-order valence-electron chi connectivity index (χ2n) is 2.30. The van der Waals surface area contributed by atoms with Crippen molar-refractivity contribution in [2.45, 2.75) is 6.92 Å². The average Bonchev–Trinajstić information content (AvgIpc) is 2.08. The lowest BCUT2D eigenvalue weighted by atomic mass is 10.3. The van der Waals surface area contributed by atoms with E-state index in [2.05, 4.69) is 0 Å². The molecule has 0 N–H and O–H groups in total. The molecule has 0 spiro atoms. The average molecular weight is 293 g/mol. The Morgan fingerprint density at radius 1 is 1.62 bits per heavy atom. The van der Waals surface area contributed by atoms with Crippen molar-refractivity contribution in [1.82, 2.24) is 0 Å². The maximum atomic E-state index is 10.5. The van der Waals surface area contributed by atoms with E-state index in [-0.39, 0.29) is 5.69 Å². The lowest BCUT2D eigenvalue weighted by molar-refractivity contribution is -0.385. The van der Waals surface area contributed by atoms with Gasteiger partial charge in [0, 0.05) is 0 Å². The van der Waals surface area contributed by atoms with Crippen LogP contribution in [0.1, 0.15) is 6.92 Å². The Kier molecular flexibility index (Phi) is 3.47. The number of rotatable bonds is 3. The van der Waals surface area contributed by atoms with Crippen LogP contribution in [0, 0.1) is 13.7 Å². The molecule has 70 valence electrons. The largest absolute Gasteiger partial charge is 0.494 e. The summed E-state index contributed by atoms with van der Waals surface area (Å²) < 4.78 is 5.76. The van der Waals surface area contributed by atoms with Crippen LogP contribution in [0.4, 0.5) is 5.69 Å². The maximum Gasteiger partial charge on any atom is 0.286 e. The van der Waals surface area contributed by atoms with Gasteiger partial charge in [0.05, 0.1) is 21.2 Å². The zero-order valence-corrected chi connectivity index (χ0v) is 9.15. The molecule has 0 radical (unpaired) electrons. The van der Waals surface area contributed by atoms with Gasteiger partial charge in [-0.2, -0.15) is 0 Å². The molecule has 0 saturated heterocycles. The number of hydrogen-bond acceptors (Lipinski definition) is 3. The standard InChI is InChI=1S/C8H8INO3/c1-2-13-6-3-4-7(9)8(5-6)10(11)12/h3-5H,2H2,1H3. The van der Waals surface area contributed by atoms with Crippen molar-refractivity contribution in [1.29, 1.82) is 0 Å². The summed E-state index contributed by atoms with van der Waals surface area (Å²) in [4.78, 5) is 10.1. The molecule has 0 heterocycles. The van der Waals surface area contributed by atoms with Crippen molar-refractivity contribution >= 4 is 28.3 Å². The van der Waals surface area contributed by atoms with Crippen molar-refractivity contribution in [3.05, 3.63) is 31.9 Å². The molecule has 0 aliphatic heterocycles. The van der Waals surface area contributed by atoms with E-state index in [1.165, 1.54) is 6.07 Å². The monoisotopic (exact) mass is 293 g/mol. The topological polar surface area (TPSA) is 52.4 Å². The summed E-state index contributed by atoms with van der Waals surface area (Å²) in [5.41, 5.74) is 0.0894. The molecule has 4 nitrogen and oxygen atoms in total. The SMILES string of the molecule is CCOc1ccc(I)c([N+](=O)[O-])c1. The zero-order valence-electron chi connectivity index (χ0n) is 6.99. The lowest BCUT2D eigenvalue weighted by Crippen LogP contribution is -1.95. The van der Waals surface area contributed by atoms with Crippen molar-refractivity contribution in [2.75, 3.05) is 6.61 Å². The van der Waals surface area contributed by atoms with E-state index in [1.54, 1.807) is 12.1 Å². The van der Waals surface area contributed by atoms with Crippen LogP contribution in [0.3, 0.4) is 0 Å². The first-order chi connectivity index (χ1) is 6.15. The molecule has 0 aromatic heterocycles. The first-order valence-electron chi connectivity index (χ1n) is 3.72. The molecule has 1 aromatic rings. The molecule has 0 aliphatic carbocycles. The van der Waals surface area contributed by atoms with Gasteiger partial charge in [-0.05, 0) is 41.6 Å². The second-order valence-corrected chi connectivity index (χ2v) is 3.47. The first kappa shape index (κ1) is 10.2. The summed E-state index contributed by atoms with van der Waals surface area (Å²) in [6, 6.07) is 4.83. The number of benzene rings is 1. The lowest BCUT2D eigenvalue weighted by Gasteiger charge is -2.02. The second kappa shape index (κ2) is 4.40. The van der Waals surface area contributed by atoms with Crippen LogP contribution in [-0.2, 0) is 0 Å². The molecule has 0 bridgehead atoms. The molecular formula is C8H8INO3. The maximum absolute atomic E-state index is 10.5. The van der Waals surface area contributed by atoms with Crippen LogP contribution >= 0.6 is 22.6 Å². The molecule has 0 fully saturated rings. The minimum absolute atomic E-state index is 0.0894. The summed E-state index contributed by atoms with van der Waals surface area (Å²) in [5, 5.41) is 10.5.